The van der Waals surface area contributed by atoms with Crippen molar-refractivity contribution in [3.8, 4) is 0 Å². The van der Waals surface area contributed by atoms with Crippen LogP contribution in [0.25, 0.3) is 0 Å². The highest BCUT2D eigenvalue weighted by Crippen LogP contribution is 2.44. The average Bonchev–Trinajstić information content (AvgIpc) is 3.23. The van der Waals surface area contributed by atoms with Crippen LogP contribution in [0.3, 0.4) is 0 Å². The van der Waals surface area contributed by atoms with Gasteiger partial charge in [0, 0.05) is 31.9 Å². The molecule has 0 spiro atoms. The second-order valence-electron chi connectivity index (χ2n) is 17.5. The predicted octanol–water partition coefficient (Wildman–Crippen LogP) is -4.37. The Bertz CT molecular complexity index is 1510. The van der Waals surface area contributed by atoms with Crippen molar-refractivity contribution in [3.05, 3.63) is 12.2 Å². The molecule has 0 aromatic carbocycles. The van der Waals surface area contributed by atoms with Gasteiger partial charge in [-0.3, -0.25) is 9.59 Å². The molecule has 22 nitrogen and oxygen atoms in total. The molecule has 3 heterocycles. The highest BCUT2D eigenvalue weighted by Gasteiger charge is 2.57. The fourth-order valence-corrected chi connectivity index (χ4v) is 9.66. The van der Waals surface area contributed by atoms with E-state index in [4.69, 9.17) is 43.0 Å². The van der Waals surface area contributed by atoms with Gasteiger partial charge in [-0.2, -0.15) is 0 Å². The maximum absolute atomic E-state index is 12.6. The van der Waals surface area contributed by atoms with Gasteiger partial charge < -0.3 is 94.1 Å². The molecule has 0 bridgehead atoms. The van der Waals surface area contributed by atoms with Crippen molar-refractivity contribution in [1.82, 2.24) is 0 Å². The number of methoxy groups -OCH3 is 1. The molecule has 0 aromatic rings. The van der Waals surface area contributed by atoms with Gasteiger partial charge in [-0.1, -0.05) is 6.08 Å². The van der Waals surface area contributed by atoms with Crippen LogP contribution in [0.5, 0.6) is 0 Å². The number of carboxylic acids is 1. The van der Waals surface area contributed by atoms with Crippen molar-refractivity contribution in [3.63, 3.8) is 0 Å². The van der Waals surface area contributed by atoms with E-state index in [1.165, 1.54) is 13.2 Å². The molecule has 6 rings (SSSR count). The highest BCUT2D eigenvalue weighted by molar-refractivity contribution is 5.90. The number of fused-ring (bicyclic) bond motifs is 1. The third kappa shape index (κ3) is 11.8. The molecule has 3 saturated heterocycles. The summed E-state index contributed by atoms with van der Waals surface area (Å²) in [6, 6.07) is 0. The van der Waals surface area contributed by atoms with Gasteiger partial charge in [0.15, 0.2) is 24.8 Å². The van der Waals surface area contributed by atoms with Gasteiger partial charge in [0.05, 0.1) is 36.4 Å². The lowest BCUT2D eigenvalue weighted by atomic mass is 9.72. The van der Waals surface area contributed by atoms with E-state index in [9.17, 15) is 65.4 Å². The summed E-state index contributed by atoms with van der Waals surface area (Å²) < 4.78 is 45.1. The molecule has 0 aromatic heterocycles. The van der Waals surface area contributed by atoms with Crippen LogP contribution in [0, 0.1) is 17.8 Å². The van der Waals surface area contributed by atoms with Crippen molar-refractivity contribution >= 4 is 17.9 Å². The third-order valence-corrected chi connectivity index (χ3v) is 13.2. The van der Waals surface area contributed by atoms with Crippen molar-refractivity contribution < 1.29 is 108 Å². The summed E-state index contributed by atoms with van der Waals surface area (Å²) in [6.45, 7) is -1.22. The average molecular weight is 896 g/mol. The Kier molecular flexibility index (Phi) is 17.1. The number of hydrogen-bond acceptors (Lipinski definition) is 20. The number of carboxylic acid groups (broad SMARTS) is 1. The Hall–Kier alpha value is -2.49. The van der Waals surface area contributed by atoms with E-state index in [2.05, 4.69) is 0 Å². The molecule has 20 atom stereocenters. The van der Waals surface area contributed by atoms with Gasteiger partial charge in [-0.05, 0) is 50.9 Å². The van der Waals surface area contributed by atoms with Crippen molar-refractivity contribution in [2.45, 2.75) is 181 Å². The lowest BCUT2D eigenvalue weighted by Gasteiger charge is -2.50. The van der Waals surface area contributed by atoms with Gasteiger partial charge >= 0.3 is 17.9 Å². The van der Waals surface area contributed by atoms with Crippen molar-refractivity contribution in [1.29, 1.82) is 0 Å². The number of rotatable bonds is 14. The van der Waals surface area contributed by atoms with Gasteiger partial charge in [-0.15, -0.1) is 0 Å². The summed E-state index contributed by atoms with van der Waals surface area (Å²) in [5.41, 5.74) is 0. The Morgan fingerprint density at radius 3 is 1.84 bits per heavy atom. The molecule has 12 N–H and O–H groups in total. The first-order valence-corrected chi connectivity index (χ1v) is 21.3. The molecular formula is C40H63O22+. The van der Waals surface area contributed by atoms with E-state index in [-0.39, 0.29) is 44.1 Å². The number of carbonyl (C=O) groups excluding carboxylic acids is 2. The zero-order chi connectivity index (χ0) is 45.0. The van der Waals surface area contributed by atoms with Gasteiger partial charge in [0.2, 0.25) is 0 Å². The number of allylic oxidation sites excluding steroid dienone is 1. The molecule has 22 heteroatoms. The van der Waals surface area contributed by atoms with Gasteiger partial charge in [0.25, 0.3) is 0 Å². The number of carbonyl (C=O) groups is 3. The lowest BCUT2D eigenvalue weighted by molar-refractivity contribution is -0.368. The number of esters is 2. The summed E-state index contributed by atoms with van der Waals surface area (Å²) in [4.78, 5) is 35.4. The summed E-state index contributed by atoms with van der Waals surface area (Å²) in [5, 5.41) is 116. The lowest BCUT2D eigenvalue weighted by Crippen LogP contribution is -2.64. The van der Waals surface area contributed by atoms with Gasteiger partial charge in [0.1, 0.15) is 80.7 Å². The van der Waals surface area contributed by atoms with Crippen LogP contribution in [0.2, 0.25) is 0 Å². The monoisotopic (exact) mass is 895 g/mol. The van der Waals surface area contributed by atoms with E-state index < -0.39 is 160 Å². The fraction of sp³-hybridized carbons (Fsp3) is 0.875. The molecule has 0 radical (unpaired) electrons. The first-order chi connectivity index (χ1) is 29.4. The van der Waals surface area contributed by atoms with E-state index in [1.807, 2.05) is 0 Å². The molecule has 0 amide bonds. The molecule has 354 valence electrons. The van der Waals surface area contributed by atoms with Crippen molar-refractivity contribution in [2.24, 2.45) is 17.8 Å². The second kappa shape index (κ2) is 21.7. The van der Waals surface area contributed by atoms with E-state index >= 15 is 0 Å². The zero-order valence-electron chi connectivity index (χ0n) is 34.3. The first-order valence-electron chi connectivity index (χ1n) is 21.3. The molecule has 6 aliphatic rings. The van der Waals surface area contributed by atoms with Crippen LogP contribution in [-0.4, -0.2) is 215 Å². The van der Waals surface area contributed by atoms with E-state index in [0.29, 0.717) is 25.7 Å². The Morgan fingerprint density at radius 1 is 0.645 bits per heavy atom. The van der Waals surface area contributed by atoms with Crippen LogP contribution in [0.4, 0.5) is 0 Å². The molecule has 6 fully saturated rings. The minimum atomic E-state index is -1.86. The topological polar surface area (TPSA) is 351 Å². The summed E-state index contributed by atoms with van der Waals surface area (Å²) in [6.07, 6.45) is -19.9. The largest absolute Gasteiger partial charge is 0.481 e. The molecule has 3 aliphatic carbocycles. The Morgan fingerprint density at radius 2 is 1.24 bits per heavy atom. The SMILES string of the molecule is COC1CC(C2[OH+]C3CC(O)CC(O[C@@H]4O[C@H](COC(=O)CC(=O)O)[C@@H](O)[C@H](O)[C@H]4O)C3CC2O[C@@H]2O[C@H](COC(=O)C=CC3CCC(O)CC3)[C@@H](O)[C@H](O)[C@H]2O)CC(O)C1O. The van der Waals surface area contributed by atoms with E-state index in [0.717, 1.165) is 0 Å². The van der Waals surface area contributed by atoms with Gasteiger partial charge in [-0.25, -0.2) is 4.79 Å². The normalized spacial score (nSPS) is 46.4. The summed E-state index contributed by atoms with van der Waals surface area (Å²) in [7, 11) is 1.38. The molecule has 10 unspecified atom stereocenters. The van der Waals surface area contributed by atoms with Crippen LogP contribution in [0.1, 0.15) is 64.2 Å². The Labute approximate surface area is 356 Å². The summed E-state index contributed by atoms with van der Waals surface area (Å²) in [5.74, 6) is -4.39. The minimum Gasteiger partial charge on any atom is -0.481 e. The van der Waals surface area contributed by atoms with Crippen LogP contribution in [-0.2, 0) is 47.5 Å². The number of aliphatic hydroxyl groups is 12. The number of aliphatic carboxylic acids is 1. The third-order valence-electron chi connectivity index (χ3n) is 13.2. The quantitative estimate of drug-likeness (QED) is 0.0340. The molecule has 3 saturated carbocycles. The maximum Gasteiger partial charge on any atom is 0.330 e. The maximum atomic E-state index is 12.6. The number of hydrogen-bond donors (Lipinski definition) is 11. The Balaban J connectivity index is 1.19. The second-order valence-corrected chi connectivity index (χ2v) is 17.5. The molecular weight excluding hydrogens is 832 g/mol. The summed E-state index contributed by atoms with van der Waals surface area (Å²) >= 11 is 0. The zero-order valence-corrected chi connectivity index (χ0v) is 34.3. The minimum absolute atomic E-state index is 0.0320. The fourth-order valence-electron chi connectivity index (χ4n) is 9.66. The standard InChI is InChI=1S/C40H62O22/c1-55-24-9-17(8-21(43)31(24)48)38-25(60-40-37(54)35(52)32(49)26(62-40)14-56-29(46)7-4-16-2-5-18(41)6-3-16)12-20-22(58-38)10-19(42)11-23(20)59-39-36(53)34(51)33(50)27(61-39)15-57-30(47)13-28(44)45/h4,7,16-27,31-43,48-54H,2-3,5-6,8-15H2,1H3,(H,44,45)/p+1/t16?,17?,18?,19?,20?,21?,22?,23?,24?,25?,26-,27-,31?,32-,33-,34+,35+,36-,37-,38?,39-,40-/m1/s1. The highest BCUT2D eigenvalue weighted by atomic mass is 16.7. The smallest absolute Gasteiger partial charge is 0.330 e. The first kappa shape index (κ1) is 49.0. The van der Waals surface area contributed by atoms with Crippen LogP contribution >= 0.6 is 0 Å². The number of aliphatic hydroxyl groups excluding tert-OH is 10. The number of ether oxygens (including phenoxy) is 8. The van der Waals surface area contributed by atoms with Crippen LogP contribution < -0.4 is 0 Å². The van der Waals surface area contributed by atoms with Crippen molar-refractivity contribution in [2.75, 3.05) is 20.3 Å². The van der Waals surface area contributed by atoms with Crippen LogP contribution in [0.15, 0.2) is 12.2 Å². The predicted molar refractivity (Wildman–Crippen MR) is 203 cm³/mol. The molecule has 62 heavy (non-hydrogen) atoms. The van der Waals surface area contributed by atoms with E-state index in [1.54, 1.807) is 6.08 Å². The molecule has 3 aliphatic heterocycles.